The number of carbonyl (C=O) groups is 1. The zero-order valence-corrected chi connectivity index (χ0v) is 14.7. The highest BCUT2D eigenvalue weighted by molar-refractivity contribution is 5.71. The molecule has 3 atom stereocenters. The lowest BCUT2D eigenvalue weighted by atomic mass is 9.69. The van der Waals surface area contributed by atoms with Crippen molar-refractivity contribution in [1.82, 2.24) is 4.90 Å². The topological polar surface area (TPSA) is 74.0 Å². The summed E-state index contributed by atoms with van der Waals surface area (Å²) in [6.45, 7) is 1.77. The second-order valence-electron chi connectivity index (χ2n) is 7.09. The predicted molar refractivity (Wildman–Crippen MR) is 92.7 cm³/mol. The fourth-order valence-electron chi connectivity index (χ4n) is 4.37. The molecule has 6 heteroatoms. The second kappa shape index (κ2) is 6.04. The molecule has 0 fully saturated rings. The van der Waals surface area contributed by atoms with Crippen LogP contribution in [0.2, 0.25) is 0 Å². The Bertz CT molecular complexity index is 732. The summed E-state index contributed by atoms with van der Waals surface area (Å²) in [5.74, 6) is 1.22. The smallest absolute Gasteiger partial charge is 0.320 e. The summed E-state index contributed by atoms with van der Waals surface area (Å²) in [4.78, 5) is 13.9. The van der Waals surface area contributed by atoms with E-state index in [1.165, 1.54) is 11.1 Å². The minimum absolute atomic E-state index is 0.0652. The molecule has 0 aromatic heterocycles. The van der Waals surface area contributed by atoms with Crippen molar-refractivity contribution in [2.24, 2.45) is 5.73 Å². The van der Waals surface area contributed by atoms with Crippen molar-refractivity contribution in [1.29, 1.82) is 0 Å². The van der Waals surface area contributed by atoms with E-state index in [0.717, 1.165) is 31.0 Å². The maximum absolute atomic E-state index is 11.6. The number of nitrogens with zero attached hydrogens (tertiary/aromatic N) is 1. The molecule has 0 saturated carbocycles. The molecule has 0 radical (unpaired) electrons. The van der Waals surface area contributed by atoms with Crippen LogP contribution in [0, 0.1) is 0 Å². The number of ether oxygens (including phenoxy) is 3. The monoisotopic (exact) mass is 344 g/mol. The molecule has 4 rings (SSSR count). The van der Waals surface area contributed by atoms with Gasteiger partial charge in [-0.2, -0.15) is 0 Å². The number of carbonyl (C=O) groups excluding carboxylic acids is 1. The molecule has 2 N–H and O–H groups in total. The van der Waals surface area contributed by atoms with Crippen LogP contribution in [0.3, 0.4) is 0 Å². The summed E-state index contributed by atoms with van der Waals surface area (Å²) < 4.78 is 17.3. The number of nitrogens with two attached hydrogens (primary N) is 1. The molecule has 1 aromatic carbocycles. The molecular weight excluding hydrogens is 320 g/mol. The van der Waals surface area contributed by atoms with E-state index in [2.05, 4.69) is 24.1 Å². The summed E-state index contributed by atoms with van der Waals surface area (Å²) in [6, 6.07) is 4.12. The molecule has 0 saturated heterocycles. The molecule has 2 heterocycles. The van der Waals surface area contributed by atoms with Gasteiger partial charge in [-0.3, -0.25) is 4.79 Å². The van der Waals surface area contributed by atoms with Crippen LogP contribution in [0.1, 0.15) is 24.0 Å². The average Bonchev–Trinajstić information content (AvgIpc) is 2.87. The van der Waals surface area contributed by atoms with E-state index in [9.17, 15) is 4.79 Å². The normalized spacial score (nSPS) is 30.0. The molecular formula is C19H24N2O4. The molecule has 1 spiro atoms. The Morgan fingerprint density at radius 3 is 3.08 bits per heavy atom. The molecule has 3 aliphatic rings. The van der Waals surface area contributed by atoms with E-state index in [4.69, 9.17) is 19.9 Å². The first kappa shape index (κ1) is 16.4. The van der Waals surface area contributed by atoms with Gasteiger partial charge in [0.05, 0.1) is 19.1 Å². The van der Waals surface area contributed by atoms with Crippen molar-refractivity contribution in [2.75, 3.05) is 27.2 Å². The molecule has 1 aromatic rings. The lowest BCUT2D eigenvalue weighted by Gasteiger charge is -2.36. The van der Waals surface area contributed by atoms with E-state index < -0.39 is 0 Å². The van der Waals surface area contributed by atoms with Gasteiger partial charge in [0, 0.05) is 18.5 Å². The first-order valence-corrected chi connectivity index (χ1v) is 8.72. The summed E-state index contributed by atoms with van der Waals surface area (Å²) in [5.41, 5.74) is 7.70. The van der Waals surface area contributed by atoms with Crippen LogP contribution in [0.25, 0.3) is 0 Å². The van der Waals surface area contributed by atoms with Gasteiger partial charge in [0.25, 0.3) is 0 Å². The first-order valence-electron chi connectivity index (χ1n) is 8.72. The third-order valence-corrected chi connectivity index (χ3v) is 5.58. The number of rotatable bonds is 3. The SMILES string of the molecule is COc1ccc2c3c1OC1CC(OC(=O)CN)C=CC31CCN(C)C2. The van der Waals surface area contributed by atoms with Gasteiger partial charge >= 0.3 is 5.97 Å². The van der Waals surface area contributed by atoms with E-state index >= 15 is 0 Å². The molecule has 0 amide bonds. The van der Waals surface area contributed by atoms with Crippen molar-refractivity contribution in [3.8, 4) is 11.5 Å². The largest absolute Gasteiger partial charge is 0.493 e. The lowest BCUT2D eigenvalue weighted by Crippen LogP contribution is -2.44. The Morgan fingerprint density at radius 1 is 1.48 bits per heavy atom. The van der Waals surface area contributed by atoms with E-state index in [0.29, 0.717) is 6.42 Å². The molecule has 6 nitrogen and oxygen atoms in total. The van der Waals surface area contributed by atoms with Crippen molar-refractivity contribution < 1.29 is 19.0 Å². The van der Waals surface area contributed by atoms with Gasteiger partial charge in [-0.25, -0.2) is 0 Å². The van der Waals surface area contributed by atoms with Crippen molar-refractivity contribution in [3.05, 3.63) is 35.4 Å². The van der Waals surface area contributed by atoms with Crippen LogP contribution in [0.15, 0.2) is 24.3 Å². The first-order chi connectivity index (χ1) is 12.1. The molecule has 2 aliphatic heterocycles. The number of hydrogen-bond acceptors (Lipinski definition) is 6. The Hall–Kier alpha value is -2.05. The minimum Gasteiger partial charge on any atom is -0.493 e. The van der Waals surface area contributed by atoms with E-state index in [1.54, 1.807) is 7.11 Å². The Morgan fingerprint density at radius 2 is 2.32 bits per heavy atom. The highest BCUT2D eigenvalue weighted by Crippen LogP contribution is 2.55. The molecule has 0 bridgehead atoms. The van der Waals surface area contributed by atoms with Crippen LogP contribution in [-0.2, 0) is 21.5 Å². The van der Waals surface area contributed by atoms with Crippen LogP contribution in [0.5, 0.6) is 11.5 Å². The van der Waals surface area contributed by atoms with Gasteiger partial charge in [-0.05, 0) is 37.7 Å². The Labute approximate surface area is 147 Å². The molecule has 1 aliphatic carbocycles. The number of benzene rings is 1. The molecule has 134 valence electrons. The van der Waals surface area contributed by atoms with Crippen molar-refractivity contribution >= 4 is 5.97 Å². The highest BCUT2D eigenvalue weighted by atomic mass is 16.6. The van der Waals surface area contributed by atoms with Gasteiger partial charge in [-0.15, -0.1) is 0 Å². The third kappa shape index (κ3) is 2.51. The third-order valence-electron chi connectivity index (χ3n) is 5.58. The Kier molecular flexibility index (Phi) is 3.96. The Balaban J connectivity index is 1.77. The van der Waals surface area contributed by atoms with Gasteiger partial charge in [0.15, 0.2) is 11.5 Å². The zero-order valence-electron chi connectivity index (χ0n) is 14.7. The average molecular weight is 344 g/mol. The van der Waals surface area contributed by atoms with Gasteiger partial charge in [-0.1, -0.05) is 12.1 Å². The summed E-state index contributed by atoms with van der Waals surface area (Å²) in [6.07, 6.45) is 5.42. The van der Waals surface area contributed by atoms with Crippen LogP contribution in [-0.4, -0.2) is 50.3 Å². The van der Waals surface area contributed by atoms with Crippen molar-refractivity contribution in [2.45, 2.75) is 37.0 Å². The standard InChI is InChI=1S/C19H24N2O4/c1-21-8-7-19-6-5-13(24-16(22)10-20)9-15(19)25-18-14(23-2)4-3-12(11-21)17(18)19/h3-6,13,15H,7-11,20H2,1-2H3. The van der Waals surface area contributed by atoms with Crippen LogP contribution >= 0.6 is 0 Å². The maximum atomic E-state index is 11.6. The van der Waals surface area contributed by atoms with E-state index in [-0.39, 0.29) is 30.1 Å². The minimum atomic E-state index is -0.389. The highest BCUT2D eigenvalue weighted by Gasteiger charge is 2.53. The fraction of sp³-hybridized carbons (Fsp3) is 0.526. The summed E-state index contributed by atoms with van der Waals surface area (Å²) in [7, 11) is 3.81. The summed E-state index contributed by atoms with van der Waals surface area (Å²) in [5, 5.41) is 0. The second-order valence-corrected chi connectivity index (χ2v) is 7.09. The predicted octanol–water partition coefficient (Wildman–Crippen LogP) is 1.36. The number of hydrogen-bond donors (Lipinski definition) is 1. The lowest BCUT2D eigenvalue weighted by molar-refractivity contribution is -0.146. The van der Waals surface area contributed by atoms with Gasteiger partial charge in [0.1, 0.15) is 12.2 Å². The van der Waals surface area contributed by atoms with Crippen LogP contribution in [0.4, 0.5) is 0 Å². The van der Waals surface area contributed by atoms with Crippen LogP contribution < -0.4 is 15.2 Å². The molecule has 3 unspecified atom stereocenters. The number of esters is 1. The quantitative estimate of drug-likeness (QED) is 0.659. The van der Waals surface area contributed by atoms with Crippen molar-refractivity contribution in [3.63, 3.8) is 0 Å². The zero-order chi connectivity index (χ0) is 17.6. The fourth-order valence-corrected chi connectivity index (χ4v) is 4.37. The van der Waals surface area contributed by atoms with Gasteiger partial charge < -0.3 is 24.8 Å². The van der Waals surface area contributed by atoms with E-state index in [1.807, 2.05) is 12.1 Å². The summed E-state index contributed by atoms with van der Waals surface area (Å²) >= 11 is 0. The maximum Gasteiger partial charge on any atom is 0.320 e. The molecule has 25 heavy (non-hydrogen) atoms. The van der Waals surface area contributed by atoms with Gasteiger partial charge in [0.2, 0.25) is 0 Å². The number of methoxy groups -OCH3 is 1.